The zero-order chi connectivity index (χ0) is 14.6. The van der Waals surface area contributed by atoms with Gasteiger partial charge in [-0.15, -0.1) is 0 Å². The van der Waals surface area contributed by atoms with Crippen LogP contribution >= 0.6 is 0 Å². The second-order valence-electron chi connectivity index (χ2n) is 6.08. The lowest BCUT2D eigenvalue weighted by Gasteiger charge is -2.33. The van der Waals surface area contributed by atoms with Crippen molar-refractivity contribution < 1.29 is 9.90 Å². The van der Waals surface area contributed by atoms with E-state index in [1.165, 1.54) is 25.7 Å². The quantitative estimate of drug-likeness (QED) is 0.825. The minimum atomic E-state index is -1.000. The second kappa shape index (κ2) is 6.40. The van der Waals surface area contributed by atoms with E-state index in [9.17, 15) is 9.90 Å². The summed E-state index contributed by atoms with van der Waals surface area (Å²) in [5, 5.41) is 13.2. The highest BCUT2D eigenvalue weighted by atomic mass is 16.4. The third-order valence-corrected chi connectivity index (χ3v) is 4.46. The molecule has 1 fully saturated rings. The van der Waals surface area contributed by atoms with Crippen LogP contribution in [0.1, 0.15) is 56.6 Å². The molecule has 1 unspecified atom stereocenters. The minimum absolute atomic E-state index is 0.304. The maximum atomic E-state index is 11.9. The molecule has 0 radical (unpaired) electrons. The van der Waals surface area contributed by atoms with E-state index >= 15 is 0 Å². The topological polar surface area (TPSA) is 49.3 Å². The van der Waals surface area contributed by atoms with Gasteiger partial charge in [0.1, 0.15) is 5.54 Å². The highest BCUT2D eigenvalue weighted by Gasteiger charge is 2.38. The Bertz CT molecular complexity index is 464. The number of carbonyl (C=O) groups is 1. The Kier molecular flexibility index (Phi) is 4.81. The smallest absolute Gasteiger partial charge is 0.328 e. The molecule has 0 bridgehead atoms. The van der Waals surface area contributed by atoms with E-state index in [0.29, 0.717) is 6.04 Å². The number of hydrogen-bond acceptors (Lipinski definition) is 2. The van der Waals surface area contributed by atoms with Gasteiger partial charge in [-0.05, 0) is 37.8 Å². The van der Waals surface area contributed by atoms with Crippen LogP contribution in [0.3, 0.4) is 0 Å². The van der Waals surface area contributed by atoms with Crippen molar-refractivity contribution in [3.63, 3.8) is 0 Å². The van der Waals surface area contributed by atoms with E-state index in [0.717, 1.165) is 24.0 Å². The lowest BCUT2D eigenvalue weighted by atomic mass is 9.87. The maximum absolute atomic E-state index is 11.9. The van der Waals surface area contributed by atoms with Crippen LogP contribution < -0.4 is 5.32 Å². The van der Waals surface area contributed by atoms with Crippen LogP contribution in [0.2, 0.25) is 0 Å². The number of rotatable bonds is 4. The highest BCUT2D eigenvalue weighted by molar-refractivity contribution is 5.80. The molecule has 110 valence electrons. The van der Waals surface area contributed by atoms with Gasteiger partial charge in [0.15, 0.2) is 0 Å². The van der Waals surface area contributed by atoms with E-state index in [-0.39, 0.29) is 0 Å². The summed E-state index contributed by atoms with van der Waals surface area (Å²) in [4.78, 5) is 11.9. The summed E-state index contributed by atoms with van der Waals surface area (Å²) in [6.07, 6.45) is 7.09. The lowest BCUT2D eigenvalue weighted by molar-refractivity contribution is -0.145. The number of benzene rings is 1. The summed E-state index contributed by atoms with van der Waals surface area (Å²) in [6, 6.07) is 8.07. The zero-order valence-corrected chi connectivity index (χ0v) is 12.5. The molecule has 2 rings (SSSR count). The lowest BCUT2D eigenvalue weighted by Crippen LogP contribution is -2.51. The van der Waals surface area contributed by atoms with Gasteiger partial charge >= 0.3 is 5.97 Å². The van der Waals surface area contributed by atoms with Crippen LogP contribution in [0, 0.1) is 6.92 Å². The van der Waals surface area contributed by atoms with Crippen molar-refractivity contribution in [2.45, 2.75) is 64.0 Å². The first-order valence-electron chi connectivity index (χ1n) is 7.61. The number of nitrogens with one attached hydrogen (secondary N) is 1. The highest BCUT2D eigenvalue weighted by Crippen LogP contribution is 2.28. The molecule has 0 aromatic heterocycles. The molecule has 2 N–H and O–H groups in total. The largest absolute Gasteiger partial charge is 0.480 e. The van der Waals surface area contributed by atoms with Crippen molar-refractivity contribution in [3.8, 4) is 0 Å². The van der Waals surface area contributed by atoms with Crippen LogP contribution in [-0.2, 0) is 10.3 Å². The summed E-state index contributed by atoms with van der Waals surface area (Å²) < 4.78 is 0. The predicted octanol–water partition coefficient (Wildman–Crippen LogP) is 3.61. The van der Waals surface area contributed by atoms with Gasteiger partial charge < -0.3 is 5.11 Å². The molecule has 1 aromatic rings. The molecule has 20 heavy (non-hydrogen) atoms. The van der Waals surface area contributed by atoms with Crippen LogP contribution in [0.5, 0.6) is 0 Å². The molecule has 1 aliphatic carbocycles. The molecule has 1 saturated carbocycles. The number of aryl methyl sites for hydroxylation is 1. The number of carboxylic acid groups (broad SMARTS) is 1. The van der Waals surface area contributed by atoms with Crippen LogP contribution in [-0.4, -0.2) is 17.1 Å². The Hall–Kier alpha value is -1.35. The molecule has 0 heterocycles. The number of hydrogen-bond donors (Lipinski definition) is 2. The molecule has 3 nitrogen and oxygen atoms in total. The minimum Gasteiger partial charge on any atom is -0.480 e. The monoisotopic (exact) mass is 275 g/mol. The zero-order valence-electron chi connectivity index (χ0n) is 12.5. The first-order chi connectivity index (χ1) is 9.54. The summed E-state index contributed by atoms with van der Waals surface area (Å²) in [7, 11) is 0. The first-order valence-corrected chi connectivity index (χ1v) is 7.61. The molecule has 0 aliphatic heterocycles. The van der Waals surface area contributed by atoms with Crippen molar-refractivity contribution in [3.05, 3.63) is 35.4 Å². The fourth-order valence-corrected chi connectivity index (χ4v) is 3.22. The molecule has 1 aromatic carbocycles. The van der Waals surface area contributed by atoms with Crippen molar-refractivity contribution in [1.82, 2.24) is 5.32 Å². The summed E-state index contributed by atoms with van der Waals surface area (Å²) in [6.45, 7) is 3.77. The summed E-state index contributed by atoms with van der Waals surface area (Å²) in [5.74, 6) is -0.795. The van der Waals surface area contributed by atoms with E-state index in [4.69, 9.17) is 0 Å². The van der Waals surface area contributed by atoms with Gasteiger partial charge in [-0.1, -0.05) is 49.9 Å². The van der Waals surface area contributed by atoms with Crippen LogP contribution in [0.4, 0.5) is 0 Å². The SMILES string of the molecule is Cc1ccccc1C(C)(NC1CCCCCC1)C(=O)O. The molecule has 0 amide bonds. The van der Waals surface area contributed by atoms with Crippen molar-refractivity contribution in [1.29, 1.82) is 0 Å². The number of aliphatic carboxylic acids is 1. The van der Waals surface area contributed by atoms with Gasteiger partial charge in [-0.3, -0.25) is 5.32 Å². The van der Waals surface area contributed by atoms with Crippen molar-refractivity contribution in [2.24, 2.45) is 0 Å². The molecular weight excluding hydrogens is 250 g/mol. The summed E-state index contributed by atoms with van der Waals surface area (Å²) in [5.41, 5.74) is 0.899. The molecule has 0 spiro atoms. The van der Waals surface area contributed by atoms with Crippen molar-refractivity contribution >= 4 is 5.97 Å². The van der Waals surface area contributed by atoms with E-state index in [2.05, 4.69) is 5.32 Å². The predicted molar refractivity (Wildman–Crippen MR) is 80.8 cm³/mol. The Labute approximate surface area is 121 Å². The molecule has 1 atom stereocenters. The van der Waals surface area contributed by atoms with E-state index in [1.807, 2.05) is 31.2 Å². The molecular formula is C17H25NO2. The average Bonchev–Trinajstić information content (AvgIpc) is 2.67. The first kappa shape index (κ1) is 15.0. The standard InChI is InChI=1S/C17H25NO2/c1-13-9-7-8-12-15(13)17(2,16(19)20)18-14-10-5-3-4-6-11-14/h7-9,12,14,18H,3-6,10-11H2,1-2H3,(H,19,20). The van der Waals surface area contributed by atoms with Gasteiger partial charge in [0.25, 0.3) is 0 Å². The molecule has 1 aliphatic rings. The van der Waals surface area contributed by atoms with Gasteiger partial charge in [0.05, 0.1) is 0 Å². The average molecular weight is 275 g/mol. The maximum Gasteiger partial charge on any atom is 0.328 e. The third-order valence-electron chi connectivity index (χ3n) is 4.46. The Morgan fingerprint density at radius 2 is 1.80 bits per heavy atom. The number of carboxylic acids is 1. The fraction of sp³-hybridized carbons (Fsp3) is 0.588. The van der Waals surface area contributed by atoms with Gasteiger partial charge in [0.2, 0.25) is 0 Å². The summed E-state index contributed by atoms with van der Waals surface area (Å²) >= 11 is 0. The van der Waals surface area contributed by atoms with Crippen molar-refractivity contribution in [2.75, 3.05) is 0 Å². The molecule has 3 heteroatoms. The van der Waals surface area contributed by atoms with Crippen LogP contribution in [0.15, 0.2) is 24.3 Å². The van der Waals surface area contributed by atoms with E-state index in [1.54, 1.807) is 6.92 Å². The van der Waals surface area contributed by atoms with E-state index < -0.39 is 11.5 Å². The Morgan fingerprint density at radius 1 is 1.20 bits per heavy atom. The Balaban J connectivity index is 2.25. The third kappa shape index (κ3) is 3.21. The van der Waals surface area contributed by atoms with Gasteiger partial charge in [-0.25, -0.2) is 4.79 Å². The van der Waals surface area contributed by atoms with Gasteiger partial charge in [-0.2, -0.15) is 0 Å². The van der Waals surface area contributed by atoms with Crippen LogP contribution in [0.25, 0.3) is 0 Å². The Morgan fingerprint density at radius 3 is 2.35 bits per heavy atom. The second-order valence-corrected chi connectivity index (χ2v) is 6.08. The molecule has 0 saturated heterocycles. The van der Waals surface area contributed by atoms with Gasteiger partial charge in [0, 0.05) is 6.04 Å². The normalized spacial score (nSPS) is 20.1. The fourth-order valence-electron chi connectivity index (χ4n) is 3.22.